The fourth-order valence-corrected chi connectivity index (χ4v) is 11.8. The van der Waals surface area contributed by atoms with Crippen molar-refractivity contribution in [2.45, 2.75) is 77.4 Å². The summed E-state index contributed by atoms with van der Waals surface area (Å²) in [6, 6.07) is 33.1. The first-order valence-corrected chi connectivity index (χ1v) is 18.0. The van der Waals surface area contributed by atoms with Crippen molar-refractivity contribution in [3.8, 4) is 0 Å². The highest BCUT2D eigenvalue weighted by Gasteiger charge is 2.53. The molecule has 3 aromatic carbocycles. The Balaban J connectivity index is 0.000000508. The summed E-state index contributed by atoms with van der Waals surface area (Å²) < 4.78 is 6.90. The summed E-state index contributed by atoms with van der Waals surface area (Å²) in [7, 11) is -3.67. The maximum Gasteiger partial charge on any atom is 0.188 e. The number of hydrogen-bond donors (Lipinski definition) is 0. The van der Waals surface area contributed by atoms with Gasteiger partial charge < -0.3 is 28.4 Å². The first-order chi connectivity index (χ1) is 16.0. The molecule has 4 rings (SSSR count). The monoisotopic (exact) mass is 604 g/mol. The van der Waals surface area contributed by atoms with Crippen LogP contribution in [0.2, 0.25) is 19.6 Å². The van der Waals surface area contributed by atoms with Gasteiger partial charge in [0.05, 0.1) is 0 Å². The highest BCUT2D eigenvalue weighted by atomic mass is 127. The third-order valence-electron chi connectivity index (χ3n) is 6.26. The molecule has 0 spiro atoms. The quantitative estimate of drug-likeness (QED) is 0.212. The number of hydrogen-bond acceptors (Lipinski definition) is 1. The predicted molar refractivity (Wildman–Crippen MR) is 151 cm³/mol. The van der Waals surface area contributed by atoms with Crippen molar-refractivity contribution in [2.75, 3.05) is 0 Å². The lowest BCUT2D eigenvalue weighted by Crippen LogP contribution is -3.00. The molecule has 1 unspecified atom stereocenters. The van der Waals surface area contributed by atoms with E-state index in [1.165, 1.54) is 54.4 Å². The van der Waals surface area contributed by atoms with Crippen molar-refractivity contribution in [1.82, 2.24) is 0 Å². The summed E-state index contributed by atoms with van der Waals surface area (Å²) in [5, 5.41) is 4.19. The summed E-state index contributed by atoms with van der Waals surface area (Å²) in [6.07, 6.45) is 10.00. The van der Waals surface area contributed by atoms with Crippen molar-refractivity contribution in [3.63, 3.8) is 0 Å². The Labute approximate surface area is 227 Å². The van der Waals surface area contributed by atoms with Gasteiger partial charge >= 0.3 is 0 Å². The molecule has 0 saturated heterocycles. The van der Waals surface area contributed by atoms with Gasteiger partial charge in [0.25, 0.3) is 0 Å². The maximum absolute atomic E-state index is 6.90. The molecule has 1 nitrogen and oxygen atoms in total. The van der Waals surface area contributed by atoms with E-state index in [0.29, 0.717) is 0 Å². The van der Waals surface area contributed by atoms with Crippen LogP contribution >= 0.6 is 7.26 Å². The van der Waals surface area contributed by atoms with Crippen LogP contribution in [0.3, 0.4) is 0 Å². The summed E-state index contributed by atoms with van der Waals surface area (Å²) in [4.78, 5) is 0. The molecule has 0 aliphatic heterocycles. The Morgan fingerprint density at radius 1 is 0.618 bits per heavy atom. The van der Waals surface area contributed by atoms with Crippen LogP contribution in [0.1, 0.15) is 51.9 Å². The molecule has 0 amide bonds. The zero-order valence-electron chi connectivity index (χ0n) is 21.4. The van der Waals surface area contributed by atoms with E-state index in [9.17, 15) is 0 Å². The van der Waals surface area contributed by atoms with Gasteiger partial charge in [-0.15, -0.1) is 0 Å². The molecule has 0 heterocycles. The fourth-order valence-electron chi connectivity index (χ4n) is 4.84. The van der Waals surface area contributed by atoms with E-state index in [2.05, 4.69) is 118 Å². The van der Waals surface area contributed by atoms with E-state index in [4.69, 9.17) is 4.43 Å². The van der Waals surface area contributed by atoms with Crippen LogP contribution in [0, 0.1) is 0 Å². The average Bonchev–Trinajstić information content (AvgIpc) is 2.86. The van der Waals surface area contributed by atoms with Crippen molar-refractivity contribution >= 4 is 31.5 Å². The Hall–Kier alpha value is -1.00. The van der Waals surface area contributed by atoms with Crippen LogP contribution in [0.15, 0.2) is 91.0 Å². The minimum absolute atomic E-state index is 0. The molecule has 1 atom stereocenters. The minimum atomic E-state index is -1.95. The molecule has 184 valence electrons. The van der Waals surface area contributed by atoms with Gasteiger partial charge in [-0.05, 0) is 56.0 Å². The van der Waals surface area contributed by atoms with Crippen LogP contribution < -0.4 is 39.9 Å². The van der Waals surface area contributed by atoms with Gasteiger partial charge in [0, 0.05) is 6.42 Å². The molecule has 1 fully saturated rings. The van der Waals surface area contributed by atoms with Gasteiger partial charge in [-0.1, -0.05) is 100 Å². The van der Waals surface area contributed by atoms with Gasteiger partial charge in [-0.3, -0.25) is 0 Å². The van der Waals surface area contributed by atoms with Gasteiger partial charge in [0.2, 0.25) is 0 Å². The maximum atomic E-state index is 6.90. The minimum Gasteiger partial charge on any atom is -1.00 e. The first-order valence-electron chi connectivity index (χ1n) is 12.7. The molecule has 0 radical (unpaired) electrons. The second-order valence-electron chi connectivity index (χ2n) is 9.94. The highest BCUT2D eigenvalue weighted by Crippen LogP contribution is 2.61. The van der Waals surface area contributed by atoms with Crippen molar-refractivity contribution < 1.29 is 28.4 Å². The topological polar surface area (TPSA) is 9.23 Å². The largest absolute Gasteiger partial charge is 1.00 e. The van der Waals surface area contributed by atoms with E-state index in [-0.39, 0.29) is 29.8 Å². The summed E-state index contributed by atoms with van der Waals surface area (Å²) >= 11 is 0. The SMILES string of the molecule is C1CCCCC1.CCC(O[Si](C)(C)C)[P+](c1ccccc1)(c1ccccc1)c1ccccc1.[I-]. The molecular weight excluding hydrogens is 562 g/mol. The smallest absolute Gasteiger partial charge is 0.188 e. The van der Waals surface area contributed by atoms with E-state index in [1.54, 1.807) is 0 Å². The molecular formula is C30H42IOPSi. The average molecular weight is 605 g/mol. The van der Waals surface area contributed by atoms with Crippen LogP contribution in [-0.2, 0) is 4.43 Å². The zero-order chi connectivity index (χ0) is 23.6. The zero-order valence-corrected chi connectivity index (χ0v) is 25.5. The summed E-state index contributed by atoms with van der Waals surface area (Å²) in [6.45, 7) is 9.16. The highest BCUT2D eigenvalue weighted by molar-refractivity contribution is 7.96. The number of halogens is 1. The molecule has 34 heavy (non-hydrogen) atoms. The lowest BCUT2D eigenvalue weighted by molar-refractivity contribution is -0.00000807. The molecule has 0 aromatic heterocycles. The van der Waals surface area contributed by atoms with Crippen molar-refractivity contribution in [2.24, 2.45) is 0 Å². The van der Waals surface area contributed by atoms with Crippen LogP contribution in [0.25, 0.3) is 0 Å². The Morgan fingerprint density at radius 2 is 0.912 bits per heavy atom. The van der Waals surface area contributed by atoms with E-state index in [1.807, 2.05) is 0 Å². The molecule has 1 aliphatic carbocycles. The molecule has 3 aromatic rings. The van der Waals surface area contributed by atoms with Gasteiger partial charge in [-0.25, -0.2) is 0 Å². The number of benzene rings is 3. The molecule has 1 saturated carbocycles. The fraction of sp³-hybridized carbons (Fsp3) is 0.400. The van der Waals surface area contributed by atoms with Crippen LogP contribution in [0.4, 0.5) is 0 Å². The van der Waals surface area contributed by atoms with E-state index in [0.717, 1.165) is 6.42 Å². The van der Waals surface area contributed by atoms with Gasteiger partial charge in [-0.2, -0.15) is 0 Å². The summed E-state index contributed by atoms with van der Waals surface area (Å²) in [5.41, 5.74) is 0. The van der Waals surface area contributed by atoms with Crippen LogP contribution in [0.5, 0.6) is 0 Å². The Kier molecular flexibility index (Phi) is 12.5. The van der Waals surface area contributed by atoms with Gasteiger partial charge in [0.1, 0.15) is 23.2 Å². The second-order valence-corrected chi connectivity index (χ2v) is 18.0. The van der Waals surface area contributed by atoms with Crippen molar-refractivity contribution in [1.29, 1.82) is 0 Å². The predicted octanol–water partition coefficient (Wildman–Crippen LogP) is 4.91. The molecule has 0 bridgehead atoms. The Morgan fingerprint density at radius 3 is 1.15 bits per heavy atom. The van der Waals surface area contributed by atoms with E-state index >= 15 is 0 Å². The first kappa shape index (κ1) is 29.2. The molecule has 1 aliphatic rings. The molecule has 0 N–H and O–H groups in total. The Bertz CT molecular complexity index is 816. The number of rotatable bonds is 7. The summed E-state index contributed by atoms with van der Waals surface area (Å²) in [5.74, 6) is 0.177. The normalized spacial score (nSPS) is 14.8. The lowest BCUT2D eigenvalue weighted by Gasteiger charge is -2.37. The second kappa shape index (κ2) is 14.5. The van der Waals surface area contributed by atoms with Crippen molar-refractivity contribution in [3.05, 3.63) is 91.0 Å². The standard InChI is InChI=1S/C24H30OPSi.C6H12.HI/c1-5-24(25-27(2,3)4)26(21-15-9-6-10-16-21,22-17-11-7-12-18-22)23-19-13-8-14-20-23;1-2-4-6-5-3-1;/h6-20,24H,5H2,1-4H3;1-6H2;1H/q+1;;/p-1. The van der Waals surface area contributed by atoms with Crippen LogP contribution in [-0.4, -0.2) is 14.2 Å². The molecule has 4 heteroatoms. The van der Waals surface area contributed by atoms with Gasteiger partial charge in [0.15, 0.2) is 14.2 Å². The third kappa shape index (κ3) is 7.75. The lowest BCUT2D eigenvalue weighted by atomic mass is 10.0. The van der Waals surface area contributed by atoms with E-state index < -0.39 is 15.6 Å². The third-order valence-corrected chi connectivity index (χ3v) is 12.1.